The van der Waals surface area contributed by atoms with E-state index in [0.717, 1.165) is 25.9 Å². The first-order valence-corrected chi connectivity index (χ1v) is 8.58. The molecule has 0 spiro atoms. The largest absolute Gasteiger partial charge is 0.412 e. The predicted molar refractivity (Wildman–Crippen MR) is 96.4 cm³/mol. The molecule has 0 atom stereocenters. The first-order valence-electron chi connectivity index (χ1n) is 8.27. The van der Waals surface area contributed by atoms with Gasteiger partial charge in [0, 0.05) is 43.8 Å². The zero-order chi connectivity index (χ0) is 17.6. The Bertz CT molecular complexity index is 907. The number of benzene rings is 1. The number of aromatic nitrogens is 1. The Balaban J connectivity index is 0.00000196. The summed E-state index contributed by atoms with van der Waals surface area (Å²) in [6.07, 6.45) is 3.38. The van der Waals surface area contributed by atoms with Crippen LogP contribution in [0.1, 0.15) is 29.2 Å². The molecule has 140 valence electrons. The number of rotatable bonds is 3. The zero-order valence-corrected chi connectivity index (χ0v) is 14.7. The van der Waals surface area contributed by atoms with Crippen molar-refractivity contribution in [1.29, 1.82) is 0 Å². The average Bonchev–Trinajstić information content (AvgIpc) is 3.47. The lowest BCUT2D eigenvalue weighted by molar-refractivity contribution is 0.0749. The summed E-state index contributed by atoms with van der Waals surface area (Å²) in [4.78, 5) is 26.4. The van der Waals surface area contributed by atoms with Crippen molar-refractivity contribution in [3.63, 3.8) is 0 Å². The number of hydrogen-bond acceptors (Lipinski definition) is 5. The number of nitrogens with one attached hydrogen (secondary N) is 1. The molecule has 2 aromatic rings. The minimum Gasteiger partial charge on any atom is -0.412 e. The van der Waals surface area contributed by atoms with E-state index in [1.165, 1.54) is 12.3 Å². The Morgan fingerprint density at radius 3 is 2.58 bits per heavy atom. The van der Waals surface area contributed by atoms with Gasteiger partial charge in [-0.1, -0.05) is 0 Å². The molecule has 3 N–H and O–H groups in total. The van der Waals surface area contributed by atoms with Crippen LogP contribution in [0.3, 0.4) is 0 Å². The molecule has 1 saturated carbocycles. The van der Waals surface area contributed by atoms with E-state index < -0.39 is 17.2 Å². The maximum Gasteiger partial charge on any atom is 0.361 e. The second kappa shape index (κ2) is 7.22. The summed E-state index contributed by atoms with van der Waals surface area (Å²) in [5.41, 5.74) is 0.371. The number of piperazine rings is 1. The number of carbonyl (C=O) groups excluding carboxylic acids is 1. The van der Waals surface area contributed by atoms with E-state index >= 15 is 0 Å². The molecule has 1 aliphatic carbocycles. The molecule has 0 bridgehead atoms. The number of hydrogen-bond donors (Lipinski definition) is 1. The van der Waals surface area contributed by atoms with Crippen LogP contribution in [0.25, 0.3) is 10.9 Å². The van der Waals surface area contributed by atoms with E-state index in [9.17, 15) is 14.0 Å². The number of anilines is 1. The van der Waals surface area contributed by atoms with Crippen molar-refractivity contribution in [2.45, 2.75) is 18.9 Å². The fourth-order valence-corrected chi connectivity index (χ4v) is 3.43. The molecule has 1 aromatic carbocycles. The zero-order valence-electron chi connectivity index (χ0n) is 13.9. The molecule has 0 radical (unpaired) electrons. The van der Waals surface area contributed by atoms with Crippen LogP contribution < -0.4 is 15.6 Å². The molecule has 2 fully saturated rings. The van der Waals surface area contributed by atoms with E-state index in [2.05, 4.69) is 9.61 Å². The van der Waals surface area contributed by atoms with Gasteiger partial charge < -0.3 is 24.5 Å². The maximum absolute atomic E-state index is 14.7. The highest BCUT2D eigenvalue weighted by Crippen LogP contribution is 2.38. The molecule has 1 aromatic heterocycles. The number of fused-ring (bicyclic) bond motifs is 1. The summed E-state index contributed by atoms with van der Waals surface area (Å²) in [6, 6.07) is 3.14. The van der Waals surface area contributed by atoms with Crippen LogP contribution in [-0.4, -0.2) is 42.2 Å². The molecule has 1 saturated heterocycles. The lowest BCUT2D eigenvalue weighted by Gasteiger charge is -2.30. The monoisotopic (exact) mass is 383 g/mol. The third-order valence-corrected chi connectivity index (χ3v) is 4.93. The minimum absolute atomic E-state index is 0. The summed E-state index contributed by atoms with van der Waals surface area (Å²) in [5, 5.41) is 3.40. The summed E-state index contributed by atoms with van der Waals surface area (Å²) < 4.78 is 20.7. The first kappa shape index (κ1) is 18.6. The Labute approximate surface area is 153 Å². The highest BCUT2D eigenvalue weighted by molar-refractivity contribution is 6.16. The van der Waals surface area contributed by atoms with Crippen LogP contribution in [0.15, 0.2) is 23.1 Å². The summed E-state index contributed by atoms with van der Waals surface area (Å²) in [5.74, 6) is -1.39. The molecule has 7 nitrogen and oxygen atoms in total. The normalized spacial score (nSPS) is 17.1. The second-order valence-electron chi connectivity index (χ2n) is 6.43. The van der Waals surface area contributed by atoms with Crippen molar-refractivity contribution in [3.05, 3.63) is 39.9 Å². The van der Waals surface area contributed by atoms with Gasteiger partial charge in [-0.05, 0) is 25.0 Å². The predicted octanol–water partition coefficient (Wildman–Crippen LogP) is 1.37. The topological polar surface area (TPSA) is 95.1 Å². The van der Waals surface area contributed by atoms with Crippen molar-refractivity contribution < 1.29 is 19.0 Å². The fraction of sp³-hybridized carbons (Fsp3) is 0.412. The minimum atomic E-state index is -0.922. The summed E-state index contributed by atoms with van der Waals surface area (Å²) in [7, 11) is 0. The fourth-order valence-electron chi connectivity index (χ4n) is 3.35. The lowest BCUT2D eigenvalue weighted by atomic mass is 10.1. The van der Waals surface area contributed by atoms with Crippen LogP contribution in [0.5, 0.6) is 0 Å². The van der Waals surface area contributed by atoms with E-state index in [1.54, 1.807) is 6.07 Å². The number of pyridine rings is 1. The van der Waals surface area contributed by atoms with Gasteiger partial charge in [-0.3, -0.25) is 4.79 Å². The Morgan fingerprint density at radius 1 is 1.27 bits per heavy atom. The van der Waals surface area contributed by atoms with Gasteiger partial charge in [-0.2, -0.15) is 0 Å². The number of halogens is 2. The van der Waals surface area contributed by atoms with Gasteiger partial charge in [0.25, 0.3) is 0 Å². The second-order valence-corrected chi connectivity index (χ2v) is 6.59. The van der Waals surface area contributed by atoms with Gasteiger partial charge in [0.2, 0.25) is 5.43 Å². The molecule has 4 rings (SSSR count). The van der Waals surface area contributed by atoms with Gasteiger partial charge >= 0.3 is 5.97 Å². The molecule has 1 aliphatic heterocycles. The van der Waals surface area contributed by atoms with Crippen molar-refractivity contribution in [2.24, 2.45) is 0 Å². The summed E-state index contributed by atoms with van der Waals surface area (Å²) >= 11 is 5.13. The van der Waals surface area contributed by atoms with Gasteiger partial charge in [-0.15, -0.1) is 0 Å². The number of nitrogens with zero attached hydrogens (tertiary/aromatic N) is 2. The summed E-state index contributed by atoms with van der Waals surface area (Å²) in [6.45, 7) is 2.97. The van der Waals surface area contributed by atoms with Crippen LogP contribution in [0.2, 0.25) is 0 Å². The van der Waals surface area contributed by atoms with Crippen LogP contribution in [0.4, 0.5) is 10.1 Å². The van der Waals surface area contributed by atoms with Gasteiger partial charge in [0.15, 0.2) is 0 Å². The molecule has 9 heteroatoms. The third kappa shape index (κ3) is 3.15. The van der Waals surface area contributed by atoms with Crippen LogP contribution in [0, 0.1) is 5.82 Å². The highest BCUT2D eigenvalue weighted by Gasteiger charge is 2.28. The maximum atomic E-state index is 14.7. The molecule has 0 amide bonds. The Morgan fingerprint density at radius 2 is 1.96 bits per heavy atom. The standard InChI is InChI=1S/C17H17ClFN3O3.H2O/c18-25-17(24)12-9-22(10-1-2-10)14-8-15(21-5-3-20-4-6-21)13(19)7-11(14)16(12)23;/h7-10,20H,1-6H2;1H2. The van der Waals surface area contributed by atoms with Crippen LogP contribution in [-0.2, 0) is 4.29 Å². The Hall–Kier alpha value is -2.16. The smallest absolute Gasteiger partial charge is 0.361 e. The van der Waals surface area contributed by atoms with Crippen LogP contribution >= 0.6 is 11.9 Å². The van der Waals surface area contributed by atoms with E-state index in [-0.39, 0.29) is 22.5 Å². The molecular weight excluding hydrogens is 365 g/mol. The van der Waals surface area contributed by atoms with Gasteiger partial charge in [0.05, 0.1) is 11.2 Å². The molecule has 2 heterocycles. The lowest BCUT2D eigenvalue weighted by Crippen LogP contribution is -2.43. The van der Waals surface area contributed by atoms with Crippen molar-refractivity contribution in [3.8, 4) is 0 Å². The van der Waals surface area contributed by atoms with Gasteiger partial charge in [-0.25, -0.2) is 9.18 Å². The quantitative estimate of drug-likeness (QED) is 0.863. The highest BCUT2D eigenvalue weighted by atomic mass is 35.5. The van der Waals surface area contributed by atoms with Crippen molar-refractivity contribution in [1.82, 2.24) is 9.88 Å². The average molecular weight is 384 g/mol. The Kier molecular flexibility index (Phi) is 5.17. The van der Waals surface area contributed by atoms with E-state index in [0.29, 0.717) is 24.3 Å². The van der Waals surface area contributed by atoms with Crippen molar-refractivity contribution >= 4 is 34.4 Å². The van der Waals surface area contributed by atoms with Crippen molar-refractivity contribution in [2.75, 3.05) is 31.1 Å². The SMILES string of the molecule is O.O=C(OCl)c1cn(C2CC2)c2cc(N3CCNCC3)c(F)cc2c1=O. The number of carbonyl (C=O) groups is 1. The van der Waals surface area contributed by atoms with E-state index in [1.807, 2.05) is 9.47 Å². The first-order chi connectivity index (χ1) is 12.1. The van der Waals surface area contributed by atoms with Gasteiger partial charge in [0.1, 0.15) is 23.2 Å². The molecule has 0 unspecified atom stereocenters. The molecule has 2 aliphatic rings. The van der Waals surface area contributed by atoms with E-state index in [4.69, 9.17) is 11.9 Å². The molecular formula is C17H19ClFN3O4. The third-order valence-electron chi connectivity index (χ3n) is 4.79. The molecule has 26 heavy (non-hydrogen) atoms.